The summed E-state index contributed by atoms with van der Waals surface area (Å²) in [5.74, 6) is 0.999. The third kappa shape index (κ3) is 4.31. The van der Waals surface area contributed by atoms with Crippen molar-refractivity contribution in [1.82, 2.24) is 9.80 Å². The van der Waals surface area contributed by atoms with E-state index in [1.165, 1.54) is 4.90 Å². The number of imide groups is 1. The summed E-state index contributed by atoms with van der Waals surface area (Å²) in [5, 5.41) is 0. The van der Waals surface area contributed by atoms with Gasteiger partial charge in [0.1, 0.15) is 17.2 Å². The quantitative estimate of drug-likeness (QED) is 0.458. The minimum atomic E-state index is -0.286. The summed E-state index contributed by atoms with van der Waals surface area (Å²) in [7, 11) is 1.67. The molecule has 1 fully saturated rings. The van der Waals surface area contributed by atoms with Crippen LogP contribution in [0, 0.1) is 0 Å². The number of benzene rings is 2. The lowest BCUT2D eigenvalue weighted by molar-refractivity contribution is -0.136. The van der Waals surface area contributed by atoms with Crippen molar-refractivity contribution in [3.63, 3.8) is 0 Å². The highest BCUT2D eigenvalue weighted by atomic mass is 16.5. The second-order valence-electron chi connectivity index (χ2n) is 7.84. The van der Waals surface area contributed by atoms with Crippen LogP contribution < -0.4 is 14.4 Å². The number of piperazine rings is 1. The first-order valence-electron chi connectivity index (χ1n) is 11.2. The first-order valence-corrected chi connectivity index (χ1v) is 11.2. The van der Waals surface area contributed by atoms with Crippen molar-refractivity contribution in [1.29, 1.82) is 0 Å². The van der Waals surface area contributed by atoms with Gasteiger partial charge in [-0.3, -0.25) is 14.5 Å². The zero-order chi connectivity index (χ0) is 23.4. The van der Waals surface area contributed by atoms with Crippen molar-refractivity contribution < 1.29 is 19.1 Å². The van der Waals surface area contributed by atoms with Crippen LogP contribution >= 0.6 is 0 Å². The highest BCUT2D eigenvalue weighted by molar-refractivity contribution is 6.35. The molecule has 2 aliphatic heterocycles. The zero-order valence-electron chi connectivity index (χ0n) is 19.1. The maximum Gasteiger partial charge on any atom is 0.278 e. The molecule has 172 valence electrons. The number of methoxy groups -OCH3 is 1. The highest BCUT2D eigenvalue weighted by Crippen LogP contribution is 2.34. The molecule has 2 amide bonds. The maximum absolute atomic E-state index is 13.3. The fraction of sp³-hybridized carbons (Fsp3) is 0.308. The molecular formula is C26H29N3O4. The molecule has 0 radical (unpaired) electrons. The van der Waals surface area contributed by atoms with Crippen molar-refractivity contribution in [2.75, 3.05) is 51.3 Å². The number of carbonyl (C=O) groups is 2. The van der Waals surface area contributed by atoms with Crippen LogP contribution in [0.4, 0.5) is 5.69 Å². The predicted molar refractivity (Wildman–Crippen MR) is 128 cm³/mol. The SMILES string of the molecule is C=CCN1C(=O)C(c2ccc(OCC)cc2)=C(N2CCN(c3ccccc3OC)CC2)C1=O. The first-order chi connectivity index (χ1) is 16.1. The van der Waals surface area contributed by atoms with Crippen molar-refractivity contribution in [3.05, 3.63) is 72.4 Å². The molecule has 0 bridgehead atoms. The van der Waals surface area contributed by atoms with Crippen molar-refractivity contribution in [2.45, 2.75) is 6.92 Å². The van der Waals surface area contributed by atoms with E-state index in [-0.39, 0.29) is 18.4 Å². The van der Waals surface area contributed by atoms with Gasteiger partial charge in [0.2, 0.25) is 0 Å². The standard InChI is InChI=1S/C26H29N3O4/c1-4-14-29-25(30)23(19-10-12-20(13-11-19)33-5-2)24(26(29)31)28-17-15-27(16-18-28)21-8-6-7-9-22(21)32-3/h4,6-13H,1,5,14-18H2,2-3H3. The summed E-state index contributed by atoms with van der Waals surface area (Å²) < 4.78 is 11.0. The number of para-hydroxylation sites is 2. The molecule has 2 aromatic rings. The number of rotatable bonds is 8. The summed E-state index contributed by atoms with van der Waals surface area (Å²) in [6.45, 7) is 9.04. The average Bonchev–Trinajstić information content (AvgIpc) is 3.10. The maximum atomic E-state index is 13.3. The van der Waals surface area contributed by atoms with Crippen LogP contribution in [0.2, 0.25) is 0 Å². The molecule has 0 aromatic heterocycles. The first kappa shape index (κ1) is 22.5. The number of nitrogens with zero attached hydrogens (tertiary/aromatic N) is 3. The summed E-state index contributed by atoms with van der Waals surface area (Å²) in [4.78, 5) is 32.1. The van der Waals surface area contributed by atoms with Crippen molar-refractivity contribution in [3.8, 4) is 11.5 Å². The summed E-state index contributed by atoms with van der Waals surface area (Å²) in [6.07, 6.45) is 1.58. The smallest absolute Gasteiger partial charge is 0.278 e. The van der Waals surface area contributed by atoms with Gasteiger partial charge in [-0.15, -0.1) is 6.58 Å². The number of ether oxygens (including phenoxy) is 2. The Hall–Kier alpha value is -3.74. The van der Waals surface area contributed by atoms with Gasteiger partial charge in [0, 0.05) is 32.7 Å². The molecule has 2 aromatic carbocycles. The lowest BCUT2D eigenvalue weighted by Crippen LogP contribution is -2.47. The molecule has 2 heterocycles. The molecule has 7 nitrogen and oxygen atoms in total. The lowest BCUT2D eigenvalue weighted by atomic mass is 10.0. The minimum Gasteiger partial charge on any atom is -0.495 e. The third-order valence-corrected chi connectivity index (χ3v) is 5.93. The summed E-state index contributed by atoms with van der Waals surface area (Å²) >= 11 is 0. The van der Waals surface area contributed by atoms with Crippen LogP contribution in [0.15, 0.2) is 66.9 Å². The average molecular weight is 448 g/mol. The number of anilines is 1. The molecule has 0 saturated carbocycles. The van der Waals surface area contributed by atoms with Gasteiger partial charge < -0.3 is 19.3 Å². The van der Waals surface area contributed by atoms with Gasteiger partial charge in [-0.2, -0.15) is 0 Å². The Bertz CT molecular complexity index is 1070. The van der Waals surface area contributed by atoms with E-state index >= 15 is 0 Å². The van der Waals surface area contributed by atoms with E-state index in [9.17, 15) is 9.59 Å². The number of hydrogen-bond donors (Lipinski definition) is 0. The normalized spacial score (nSPS) is 16.5. The topological polar surface area (TPSA) is 62.3 Å². The Balaban J connectivity index is 1.63. The summed E-state index contributed by atoms with van der Waals surface area (Å²) in [5.41, 5.74) is 2.65. The van der Waals surface area contributed by atoms with E-state index in [0.29, 0.717) is 49.6 Å². The number of amides is 2. The van der Waals surface area contributed by atoms with E-state index in [2.05, 4.69) is 11.5 Å². The Labute approximate surface area is 194 Å². The Morgan fingerprint density at radius 2 is 1.61 bits per heavy atom. The second-order valence-corrected chi connectivity index (χ2v) is 7.84. The molecule has 7 heteroatoms. The van der Waals surface area contributed by atoms with E-state index < -0.39 is 0 Å². The van der Waals surface area contributed by atoms with Gasteiger partial charge in [0.15, 0.2) is 0 Å². The van der Waals surface area contributed by atoms with Crippen LogP contribution in [-0.2, 0) is 9.59 Å². The molecule has 0 atom stereocenters. The van der Waals surface area contributed by atoms with Crippen molar-refractivity contribution in [2.24, 2.45) is 0 Å². The summed E-state index contributed by atoms with van der Waals surface area (Å²) in [6, 6.07) is 15.3. The van der Waals surface area contributed by atoms with Crippen LogP contribution in [-0.4, -0.2) is 68.1 Å². The largest absolute Gasteiger partial charge is 0.495 e. The molecule has 33 heavy (non-hydrogen) atoms. The fourth-order valence-corrected chi connectivity index (χ4v) is 4.36. The fourth-order valence-electron chi connectivity index (χ4n) is 4.36. The van der Waals surface area contributed by atoms with E-state index in [1.54, 1.807) is 13.2 Å². The van der Waals surface area contributed by atoms with Gasteiger partial charge in [-0.1, -0.05) is 30.3 Å². The molecule has 2 aliphatic rings. The van der Waals surface area contributed by atoms with Crippen LogP contribution in [0.3, 0.4) is 0 Å². The van der Waals surface area contributed by atoms with E-state index in [4.69, 9.17) is 9.47 Å². The van der Waals surface area contributed by atoms with Crippen molar-refractivity contribution >= 4 is 23.1 Å². The molecule has 4 rings (SSSR count). The van der Waals surface area contributed by atoms with Gasteiger partial charge in [0.05, 0.1) is 25.0 Å². The van der Waals surface area contributed by atoms with Gasteiger partial charge in [-0.05, 0) is 36.8 Å². The highest BCUT2D eigenvalue weighted by Gasteiger charge is 2.41. The zero-order valence-corrected chi connectivity index (χ0v) is 19.1. The van der Waals surface area contributed by atoms with Gasteiger partial charge in [0.25, 0.3) is 11.8 Å². The molecule has 0 aliphatic carbocycles. The third-order valence-electron chi connectivity index (χ3n) is 5.93. The molecule has 0 spiro atoms. The van der Waals surface area contributed by atoms with Crippen LogP contribution in [0.5, 0.6) is 11.5 Å². The van der Waals surface area contributed by atoms with Gasteiger partial charge in [-0.25, -0.2) is 0 Å². The molecule has 1 saturated heterocycles. The van der Waals surface area contributed by atoms with Crippen LogP contribution in [0.25, 0.3) is 5.57 Å². The Morgan fingerprint density at radius 1 is 0.939 bits per heavy atom. The predicted octanol–water partition coefficient (Wildman–Crippen LogP) is 3.18. The van der Waals surface area contributed by atoms with E-state index in [0.717, 1.165) is 17.2 Å². The monoisotopic (exact) mass is 447 g/mol. The minimum absolute atomic E-state index is 0.183. The Morgan fingerprint density at radius 3 is 2.24 bits per heavy atom. The second kappa shape index (κ2) is 9.81. The molecular weight excluding hydrogens is 418 g/mol. The number of carbonyl (C=O) groups excluding carboxylic acids is 2. The molecule has 0 N–H and O–H groups in total. The van der Waals surface area contributed by atoms with Crippen LogP contribution in [0.1, 0.15) is 12.5 Å². The van der Waals surface area contributed by atoms with Gasteiger partial charge >= 0.3 is 0 Å². The lowest BCUT2D eigenvalue weighted by Gasteiger charge is -2.38. The van der Waals surface area contributed by atoms with E-state index in [1.807, 2.05) is 60.4 Å². The molecule has 0 unspecified atom stereocenters. The Kier molecular flexibility index (Phi) is 6.68. The number of hydrogen-bond acceptors (Lipinski definition) is 6.